The SMILES string of the molecule is CCOC1=NOC(NC(=O)c2ccc(C(C)=O)cc2C)C1. The molecule has 1 N–H and O–H groups in total. The maximum absolute atomic E-state index is 12.2. The first-order valence-corrected chi connectivity index (χ1v) is 6.79. The van der Waals surface area contributed by atoms with Crippen molar-refractivity contribution in [1.82, 2.24) is 5.32 Å². The van der Waals surface area contributed by atoms with E-state index in [-0.39, 0.29) is 11.7 Å². The van der Waals surface area contributed by atoms with E-state index in [1.54, 1.807) is 25.1 Å². The summed E-state index contributed by atoms with van der Waals surface area (Å²) in [5.74, 6) is 0.186. The fraction of sp³-hybridized carbons (Fsp3) is 0.400. The summed E-state index contributed by atoms with van der Waals surface area (Å²) in [5.41, 5.74) is 1.83. The van der Waals surface area contributed by atoms with Crippen molar-refractivity contribution in [2.75, 3.05) is 6.61 Å². The van der Waals surface area contributed by atoms with E-state index in [9.17, 15) is 9.59 Å². The van der Waals surface area contributed by atoms with Gasteiger partial charge in [-0.2, -0.15) is 0 Å². The molecule has 6 heteroatoms. The van der Waals surface area contributed by atoms with Gasteiger partial charge in [-0.1, -0.05) is 6.07 Å². The maximum Gasteiger partial charge on any atom is 0.254 e. The fourth-order valence-corrected chi connectivity index (χ4v) is 2.05. The third kappa shape index (κ3) is 3.59. The van der Waals surface area contributed by atoms with Gasteiger partial charge in [0.15, 0.2) is 5.78 Å². The molecule has 0 aliphatic carbocycles. The van der Waals surface area contributed by atoms with Crippen LogP contribution in [0.3, 0.4) is 0 Å². The highest BCUT2D eigenvalue weighted by Gasteiger charge is 2.24. The van der Waals surface area contributed by atoms with Gasteiger partial charge in [0.2, 0.25) is 12.1 Å². The summed E-state index contributed by atoms with van der Waals surface area (Å²) in [6.07, 6.45) is -0.115. The Hall–Kier alpha value is -2.37. The molecule has 0 aromatic heterocycles. The molecule has 21 heavy (non-hydrogen) atoms. The second-order valence-electron chi connectivity index (χ2n) is 4.78. The number of rotatable bonds is 4. The predicted molar refractivity (Wildman–Crippen MR) is 77.2 cm³/mol. The highest BCUT2D eigenvalue weighted by molar-refractivity contribution is 5.99. The van der Waals surface area contributed by atoms with Crippen LogP contribution in [-0.2, 0) is 9.57 Å². The average Bonchev–Trinajstić information content (AvgIpc) is 2.86. The largest absolute Gasteiger partial charge is 0.479 e. The summed E-state index contributed by atoms with van der Waals surface area (Å²) < 4.78 is 5.22. The molecule has 0 bridgehead atoms. The van der Waals surface area contributed by atoms with E-state index in [0.717, 1.165) is 5.56 Å². The zero-order valence-electron chi connectivity index (χ0n) is 12.3. The molecule has 0 radical (unpaired) electrons. The highest BCUT2D eigenvalue weighted by atomic mass is 16.7. The number of carbonyl (C=O) groups excluding carboxylic acids is 2. The molecule has 1 unspecified atom stereocenters. The van der Waals surface area contributed by atoms with Crippen LogP contribution in [0, 0.1) is 6.92 Å². The zero-order valence-corrected chi connectivity index (χ0v) is 12.3. The molecular weight excluding hydrogens is 272 g/mol. The number of ether oxygens (including phenoxy) is 1. The van der Waals surface area contributed by atoms with Crippen molar-refractivity contribution in [3.05, 3.63) is 34.9 Å². The minimum absolute atomic E-state index is 0.0288. The molecule has 1 aliphatic rings. The Labute approximate surface area is 123 Å². The molecule has 1 heterocycles. The van der Waals surface area contributed by atoms with Crippen LogP contribution < -0.4 is 5.32 Å². The number of hydrogen-bond donors (Lipinski definition) is 1. The molecule has 2 rings (SSSR count). The Bertz CT molecular complexity index is 595. The molecule has 0 saturated heterocycles. The van der Waals surface area contributed by atoms with Gasteiger partial charge in [-0.15, -0.1) is 0 Å². The first-order valence-electron chi connectivity index (χ1n) is 6.79. The van der Waals surface area contributed by atoms with Gasteiger partial charge >= 0.3 is 0 Å². The van der Waals surface area contributed by atoms with Gasteiger partial charge in [-0.3, -0.25) is 9.59 Å². The second kappa shape index (κ2) is 6.39. The van der Waals surface area contributed by atoms with Gasteiger partial charge in [0, 0.05) is 11.1 Å². The minimum atomic E-state index is -0.522. The van der Waals surface area contributed by atoms with E-state index >= 15 is 0 Å². The van der Waals surface area contributed by atoms with Crippen molar-refractivity contribution in [2.45, 2.75) is 33.4 Å². The Kier molecular flexibility index (Phi) is 4.57. The lowest BCUT2D eigenvalue weighted by molar-refractivity contribution is 0.0500. The Balaban J connectivity index is 2.00. The van der Waals surface area contributed by atoms with Crippen molar-refractivity contribution in [3.63, 3.8) is 0 Å². The smallest absolute Gasteiger partial charge is 0.254 e. The van der Waals surface area contributed by atoms with E-state index in [0.29, 0.717) is 30.1 Å². The molecule has 6 nitrogen and oxygen atoms in total. The lowest BCUT2D eigenvalue weighted by Crippen LogP contribution is -2.35. The topological polar surface area (TPSA) is 77.0 Å². The Morgan fingerprint density at radius 2 is 2.24 bits per heavy atom. The van der Waals surface area contributed by atoms with E-state index in [4.69, 9.17) is 9.57 Å². The van der Waals surface area contributed by atoms with Gasteiger partial charge in [0.05, 0.1) is 13.0 Å². The predicted octanol–water partition coefficient (Wildman–Crippen LogP) is 2.02. The quantitative estimate of drug-likeness (QED) is 0.861. The number of nitrogens with one attached hydrogen (secondary N) is 1. The van der Waals surface area contributed by atoms with Crippen LogP contribution >= 0.6 is 0 Å². The summed E-state index contributed by atoms with van der Waals surface area (Å²) in [4.78, 5) is 28.6. The monoisotopic (exact) mass is 290 g/mol. The van der Waals surface area contributed by atoms with Crippen molar-refractivity contribution in [1.29, 1.82) is 0 Å². The van der Waals surface area contributed by atoms with Crippen molar-refractivity contribution >= 4 is 17.6 Å². The number of ketones is 1. The molecular formula is C15H18N2O4. The Morgan fingerprint density at radius 1 is 1.48 bits per heavy atom. The van der Waals surface area contributed by atoms with Crippen molar-refractivity contribution in [2.24, 2.45) is 5.16 Å². The lowest BCUT2D eigenvalue weighted by Gasteiger charge is -2.12. The van der Waals surface area contributed by atoms with Gasteiger partial charge in [0.1, 0.15) is 0 Å². The number of oxime groups is 1. The third-order valence-corrected chi connectivity index (χ3v) is 3.12. The van der Waals surface area contributed by atoms with Crippen LogP contribution in [0.4, 0.5) is 0 Å². The van der Waals surface area contributed by atoms with E-state index in [1.807, 2.05) is 6.92 Å². The molecule has 0 spiro atoms. The summed E-state index contributed by atoms with van der Waals surface area (Å²) in [6.45, 7) is 5.65. The number of benzene rings is 1. The van der Waals surface area contributed by atoms with Crippen LogP contribution in [0.1, 0.15) is 46.5 Å². The zero-order chi connectivity index (χ0) is 15.4. The van der Waals surface area contributed by atoms with Crippen molar-refractivity contribution in [3.8, 4) is 0 Å². The number of aryl methyl sites for hydroxylation is 1. The van der Waals surface area contributed by atoms with E-state index in [2.05, 4.69) is 10.5 Å². The van der Waals surface area contributed by atoms with Crippen LogP contribution in [0.5, 0.6) is 0 Å². The number of hydrogen-bond acceptors (Lipinski definition) is 5. The Morgan fingerprint density at radius 3 is 2.86 bits per heavy atom. The van der Waals surface area contributed by atoms with Crippen LogP contribution in [0.2, 0.25) is 0 Å². The first kappa shape index (κ1) is 15.0. The summed E-state index contributed by atoms with van der Waals surface area (Å²) in [7, 11) is 0. The highest BCUT2D eigenvalue weighted by Crippen LogP contribution is 2.14. The standard InChI is InChI=1S/C15H18N2O4/c1-4-20-14-8-13(21-17-14)16-15(19)12-6-5-11(10(3)18)7-9(12)2/h5-7,13H,4,8H2,1-3H3,(H,16,19). The third-order valence-electron chi connectivity index (χ3n) is 3.12. The molecule has 1 aromatic rings. The summed E-state index contributed by atoms with van der Waals surface area (Å²) in [5, 5.41) is 6.48. The van der Waals surface area contributed by atoms with Crippen LogP contribution in [0.25, 0.3) is 0 Å². The van der Waals surface area contributed by atoms with E-state index < -0.39 is 6.23 Å². The van der Waals surface area contributed by atoms with Gasteiger partial charge in [-0.25, -0.2) is 0 Å². The molecule has 0 fully saturated rings. The maximum atomic E-state index is 12.2. The fourth-order valence-electron chi connectivity index (χ4n) is 2.05. The van der Waals surface area contributed by atoms with Gasteiger partial charge < -0.3 is 14.9 Å². The molecule has 112 valence electrons. The summed E-state index contributed by atoms with van der Waals surface area (Å²) >= 11 is 0. The second-order valence-corrected chi connectivity index (χ2v) is 4.78. The molecule has 1 atom stereocenters. The molecule has 0 saturated carbocycles. The molecule has 1 amide bonds. The number of amides is 1. The minimum Gasteiger partial charge on any atom is -0.479 e. The lowest BCUT2D eigenvalue weighted by atomic mass is 10.0. The van der Waals surface area contributed by atoms with Crippen LogP contribution in [-0.4, -0.2) is 30.4 Å². The first-order chi connectivity index (χ1) is 10.0. The number of Topliss-reactive ketones (excluding diaryl/α,β-unsaturated/α-hetero) is 1. The molecule has 1 aliphatic heterocycles. The van der Waals surface area contributed by atoms with Crippen LogP contribution in [0.15, 0.2) is 23.4 Å². The summed E-state index contributed by atoms with van der Waals surface area (Å²) in [6, 6.07) is 4.98. The number of carbonyl (C=O) groups is 2. The normalized spacial score (nSPS) is 16.9. The van der Waals surface area contributed by atoms with Gasteiger partial charge in [-0.05, 0) is 43.6 Å². The average molecular weight is 290 g/mol. The number of nitrogens with zero attached hydrogens (tertiary/aromatic N) is 1. The van der Waals surface area contributed by atoms with Gasteiger partial charge in [0.25, 0.3) is 5.91 Å². The van der Waals surface area contributed by atoms with Crippen molar-refractivity contribution < 1.29 is 19.2 Å². The van der Waals surface area contributed by atoms with E-state index in [1.165, 1.54) is 6.92 Å². The molecule has 1 aromatic carbocycles.